The van der Waals surface area contributed by atoms with Gasteiger partial charge in [0.15, 0.2) is 9.84 Å². The summed E-state index contributed by atoms with van der Waals surface area (Å²) in [6, 6.07) is 7.88. The van der Waals surface area contributed by atoms with Crippen LogP contribution >= 0.6 is 0 Å². The van der Waals surface area contributed by atoms with Gasteiger partial charge in [-0.3, -0.25) is 0 Å². The standard InChI is InChI=1S/C14H23NO3S/c1-14(2,19(4,16)17)11-15-10-9-12-5-7-13(18-3)8-6-12/h5-8,15H,9-11H2,1-4H3. The Balaban J connectivity index is 2.39. The summed E-state index contributed by atoms with van der Waals surface area (Å²) in [4.78, 5) is 0. The van der Waals surface area contributed by atoms with Crippen LogP contribution in [0.15, 0.2) is 24.3 Å². The molecular formula is C14H23NO3S. The molecule has 4 nitrogen and oxygen atoms in total. The molecule has 0 aliphatic carbocycles. The first-order chi connectivity index (χ1) is 8.76. The minimum absolute atomic E-state index is 0.460. The van der Waals surface area contributed by atoms with Crippen LogP contribution in [0.25, 0.3) is 0 Å². The fourth-order valence-electron chi connectivity index (χ4n) is 1.55. The second kappa shape index (κ2) is 6.39. The largest absolute Gasteiger partial charge is 0.497 e. The monoisotopic (exact) mass is 285 g/mol. The third-order valence-electron chi connectivity index (χ3n) is 3.30. The molecule has 1 aromatic carbocycles. The number of hydrogen-bond acceptors (Lipinski definition) is 4. The first-order valence-corrected chi connectivity index (χ1v) is 8.19. The highest BCUT2D eigenvalue weighted by Gasteiger charge is 2.29. The van der Waals surface area contributed by atoms with Crippen LogP contribution in [-0.2, 0) is 16.3 Å². The summed E-state index contributed by atoms with van der Waals surface area (Å²) in [5.41, 5.74) is 1.20. The number of rotatable bonds is 7. The molecule has 0 bridgehead atoms. The second-order valence-electron chi connectivity index (χ2n) is 5.31. The summed E-state index contributed by atoms with van der Waals surface area (Å²) >= 11 is 0. The quantitative estimate of drug-likeness (QED) is 0.774. The maximum atomic E-state index is 11.5. The first kappa shape index (κ1) is 16.0. The number of sulfone groups is 1. The Kier molecular flexibility index (Phi) is 5.38. The van der Waals surface area contributed by atoms with Gasteiger partial charge in [-0.2, -0.15) is 0 Å². The number of methoxy groups -OCH3 is 1. The van der Waals surface area contributed by atoms with E-state index in [1.807, 2.05) is 24.3 Å². The average molecular weight is 285 g/mol. The van der Waals surface area contributed by atoms with Gasteiger partial charge in [0.1, 0.15) is 5.75 Å². The van der Waals surface area contributed by atoms with Crippen molar-refractivity contribution in [3.05, 3.63) is 29.8 Å². The lowest BCUT2D eigenvalue weighted by Crippen LogP contribution is -2.42. The predicted molar refractivity (Wildman–Crippen MR) is 78.5 cm³/mol. The Morgan fingerprint density at radius 2 is 1.79 bits per heavy atom. The molecule has 1 N–H and O–H groups in total. The summed E-state index contributed by atoms with van der Waals surface area (Å²) in [6.45, 7) is 4.69. The Labute approximate surface area is 116 Å². The molecule has 0 aliphatic heterocycles. The Morgan fingerprint density at radius 1 is 1.21 bits per heavy atom. The summed E-state index contributed by atoms with van der Waals surface area (Å²) in [7, 11) is -1.39. The molecule has 0 atom stereocenters. The average Bonchev–Trinajstić information content (AvgIpc) is 2.34. The lowest BCUT2D eigenvalue weighted by atomic mass is 10.1. The second-order valence-corrected chi connectivity index (χ2v) is 7.96. The van der Waals surface area contributed by atoms with Gasteiger partial charge in [0, 0.05) is 12.8 Å². The SMILES string of the molecule is COc1ccc(CCNCC(C)(C)S(C)(=O)=O)cc1. The topological polar surface area (TPSA) is 55.4 Å². The Hall–Kier alpha value is -1.07. The lowest BCUT2D eigenvalue weighted by molar-refractivity contribution is 0.414. The molecule has 108 valence electrons. The van der Waals surface area contributed by atoms with E-state index in [1.165, 1.54) is 11.8 Å². The van der Waals surface area contributed by atoms with Crippen LogP contribution in [0.1, 0.15) is 19.4 Å². The number of ether oxygens (including phenoxy) is 1. The smallest absolute Gasteiger partial charge is 0.153 e. The minimum Gasteiger partial charge on any atom is -0.497 e. The Bertz CT molecular complexity index is 492. The van der Waals surface area contributed by atoms with Gasteiger partial charge in [0.25, 0.3) is 0 Å². The fraction of sp³-hybridized carbons (Fsp3) is 0.571. The van der Waals surface area contributed by atoms with E-state index in [0.717, 1.165) is 18.7 Å². The molecule has 1 rings (SSSR count). The van der Waals surface area contributed by atoms with Crippen molar-refractivity contribution in [2.75, 3.05) is 26.5 Å². The van der Waals surface area contributed by atoms with Crippen LogP contribution in [0.3, 0.4) is 0 Å². The first-order valence-electron chi connectivity index (χ1n) is 6.29. The summed E-state index contributed by atoms with van der Waals surface area (Å²) < 4.78 is 27.4. The summed E-state index contributed by atoms with van der Waals surface area (Å²) in [5.74, 6) is 0.843. The van der Waals surface area contributed by atoms with E-state index < -0.39 is 14.6 Å². The van der Waals surface area contributed by atoms with Gasteiger partial charge in [0.05, 0.1) is 11.9 Å². The van der Waals surface area contributed by atoms with E-state index in [9.17, 15) is 8.42 Å². The molecule has 0 aliphatic rings. The van der Waals surface area contributed by atoms with Gasteiger partial charge in [-0.05, 0) is 44.5 Å². The number of benzene rings is 1. The molecule has 0 spiro atoms. The minimum atomic E-state index is -3.04. The fourth-order valence-corrected chi connectivity index (χ4v) is 1.91. The molecule has 0 saturated heterocycles. The third-order valence-corrected chi connectivity index (χ3v) is 5.46. The lowest BCUT2D eigenvalue weighted by Gasteiger charge is -2.22. The maximum absolute atomic E-state index is 11.5. The van der Waals surface area contributed by atoms with Crippen LogP contribution in [-0.4, -0.2) is 39.6 Å². The van der Waals surface area contributed by atoms with Crippen molar-refractivity contribution in [1.29, 1.82) is 0 Å². The van der Waals surface area contributed by atoms with E-state index in [0.29, 0.717) is 6.54 Å². The summed E-state index contributed by atoms with van der Waals surface area (Å²) in [6.07, 6.45) is 2.14. The van der Waals surface area contributed by atoms with Crippen molar-refractivity contribution in [1.82, 2.24) is 5.32 Å². The molecule has 5 heteroatoms. The van der Waals surface area contributed by atoms with Gasteiger partial charge in [-0.25, -0.2) is 8.42 Å². The van der Waals surface area contributed by atoms with Gasteiger partial charge in [-0.1, -0.05) is 12.1 Å². The van der Waals surface area contributed by atoms with Gasteiger partial charge in [0.2, 0.25) is 0 Å². The number of nitrogens with one attached hydrogen (secondary N) is 1. The zero-order valence-electron chi connectivity index (χ0n) is 12.1. The normalized spacial score (nSPS) is 12.4. The highest BCUT2D eigenvalue weighted by Crippen LogP contribution is 2.14. The van der Waals surface area contributed by atoms with Crippen molar-refractivity contribution in [3.8, 4) is 5.75 Å². The molecule has 0 saturated carbocycles. The van der Waals surface area contributed by atoms with E-state index >= 15 is 0 Å². The van der Waals surface area contributed by atoms with Crippen LogP contribution in [0.5, 0.6) is 5.75 Å². The third kappa shape index (κ3) is 4.84. The molecule has 0 radical (unpaired) electrons. The molecule has 0 amide bonds. The molecule has 0 aromatic heterocycles. The van der Waals surface area contributed by atoms with E-state index in [2.05, 4.69) is 5.32 Å². The van der Waals surface area contributed by atoms with Gasteiger partial charge >= 0.3 is 0 Å². The van der Waals surface area contributed by atoms with Crippen molar-refractivity contribution < 1.29 is 13.2 Å². The van der Waals surface area contributed by atoms with Crippen molar-refractivity contribution in [2.45, 2.75) is 25.0 Å². The Morgan fingerprint density at radius 3 is 2.26 bits per heavy atom. The predicted octanol–water partition coefficient (Wildman–Crippen LogP) is 1.65. The van der Waals surface area contributed by atoms with E-state index in [4.69, 9.17) is 4.74 Å². The van der Waals surface area contributed by atoms with Crippen molar-refractivity contribution >= 4 is 9.84 Å². The van der Waals surface area contributed by atoms with E-state index in [-0.39, 0.29) is 0 Å². The molecular weight excluding hydrogens is 262 g/mol. The zero-order valence-corrected chi connectivity index (χ0v) is 12.9. The number of hydrogen-bond donors (Lipinski definition) is 1. The van der Waals surface area contributed by atoms with Gasteiger partial charge < -0.3 is 10.1 Å². The highest BCUT2D eigenvalue weighted by molar-refractivity contribution is 7.92. The van der Waals surface area contributed by atoms with Crippen LogP contribution in [0.4, 0.5) is 0 Å². The summed E-state index contributed by atoms with van der Waals surface area (Å²) in [5, 5.41) is 3.20. The van der Waals surface area contributed by atoms with Gasteiger partial charge in [-0.15, -0.1) is 0 Å². The molecule has 19 heavy (non-hydrogen) atoms. The molecule has 0 fully saturated rings. The van der Waals surface area contributed by atoms with Crippen molar-refractivity contribution in [3.63, 3.8) is 0 Å². The van der Waals surface area contributed by atoms with Crippen LogP contribution < -0.4 is 10.1 Å². The highest BCUT2D eigenvalue weighted by atomic mass is 32.2. The zero-order chi connectivity index (χ0) is 14.5. The molecule has 0 heterocycles. The molecule has 1 aromatic rings. The van der Waals surface area contributed by atoms with Crippen LogP contribution in [0.2, 0.25) is 0 Å². The molecule has 0 unspecified atom stereocenters. The van der Waals surface area contributed by atoms with E-state index in [1.54, 1.807) is 21.0 Å². The van der Waals surface area contributed by atoms with Crippen LogP contribution in [0, 0.1) is 0 Å². The maximum Gasteiger partial charge on any atom is 0.153 e. The van der Waals surface area contributed by atoms with Crippen molar-refractivity contribution in [2.24, 2.45) is 0 Å².